The molecule has 13 heavy (non-hydrogen) atoms. The summed E-state index contributed by atoms with van der Waals surface area (Å²) in [6.07, 6.45) is 5.44. The Hall–Kier alpha value is -1.24. The lowest BCUT2D eigenvalue weighted by atomic mass is 10.1. The lowest BCUT2D eigenvalue weighted by molar-refractivity contribution is 1.13. The van der Waals surface area contributed by atoms with Gasteiger partial charge < -0.3 is 4.90 Å². The Morgan fingerprint density at radius 2 is 1.92 bits per heavy atom. The van der Waals surface area contributed by atoms with E-state index in [1.807, 2.05) is 0 Å². The van der Waals surface area contributed by atoms with E-state index in [1.165, 1.54) is 11.3 Å². The molecule has 0 amide bonds. The fourth-order valence-electron chi connectivity index (χ4n) is 1.28. The molecule has 70 valence electrons. The summed E-state index contributed by atoms with van der Waals surface area (Å²) in [6, 6.07) is 8.41. The van der Waals surface area contributed by atoms with Gasteiger partial charge in [-0.15, -0.1) is 0 Å². The Labute approximate surface area is 80.7 Å². The van der Waals surface area contributed by atoms with Crippen molar-refractivity contribution in [3.8, 4) is 0 Å². The van der Waals surface area contributed by atoms with Gasteiger partial charge in [-0.05, 0) is 18.1 Å². The SMILES string of the molecule is CC/C=C\c1ccccc1N(C)C. The molecule has 0 aliphatic heterocycles. The molecule has 0 aliphatic rings. The molecule has 1 nitrogen and oxygen atoms in total. The zero-order valence-corrected chi connectivity index (χ0v) is 8.62. The van der Waals surface area contributed by atoms with Crippen LogP contribution in [0, 0.1) is 0 Å². The number of anilines is 1. The van der Waals surface area contributed by atoms with Gasteiger partial charge in [0.25, 0.3) is 0 Å². The average molecular weight is 175 g/mol. The number of allylic oxidation sites excluding steroid dienone is 1. The molecule has 1 aromatic carbocycles. The smallest absolute Gasteiger partial charge is 0.0434 e. The van der Waals surface area contributed by atoms with Crippen molar-refractivity contribution in [3.63, 3.8) is 0 Å². The molecule has 1 rings (SSSR count). The number of hydrogen-bond acceptors (Lipinski definition) is 1. The number of para-hydroxylation sites is 1. The standard InChI is InChI=1S/C12H17N/c1-4-5-8-11-9-6-7-10-12(11)13(2)3/h5-10H,4H2,1-3H3/b8-5-. The first kappa shape index (κ1) is 9.85. The van der Waals surface area contributed by atoms with Crippen LogP contribution in [0.15, 0.2) is 30.3 Å². The second-order valence-corrected chi connectivity index (χ2v) is 3.26. The summed E-state index contributed by atoms with van der Waals surface area (Å²) in [5.74, 6) is 0. The van der Waals surface area contributed by atoms with Crippen molar-refractivity contribution < 1.29 is 0 Å². The van der Waals surface area contributed by atoms with Crippen molar-refractivity contribution >= 4 is 11.8 Å². The van der Waals surface area contributed by atoms with Gasteiger partial charge in [0, 0.05) is 19.8 Å². The minimum atomic E-state index is 1.09. The average Bonchev–Trinajstić information content (AvgIpc) is 2.15. The predicted octanol–water partition coefficient (Wildman–Crippen LogP) is 3.18. The number of hydrogen-bond donors (Lipinski definition) is 0. The second-order valence-electron chi connectivity index (χ2n) is 3.26. The summed E-state index contributed by atoms with van der Waals surface area (Å²) in [5, 5.41) is 0. The molecule has 0 bridgehead atoms. The molecule has 0 heterocycles. The molecule has 0 atom stereocenters. The van der Waals surface area contributed by atoms with E-state index in [9.17, 15) is 0 Å². The quantitative estimate of drug-likeness (QED) is 0.682. The maximum absolute atomic E-state index is 2.18. The minimum Gasteiger partial charge on any atom is -0.377 e. The minimum absolute atomic E-state index is 1.09. The number of nitrogens with zero attached hydrogens (tertiary/aromatic N) is 1. The molecule has 0 fully saturated rings. The van der Waals surface area contributed by atoms with Gasteiger partial charge in [0.2, 0.25) is 0 Å². The summed E-state index contributed by atoms with van der Waals surface area (Å²) in [6.45, 7) is 2.15. The van der Waals surface area contributed by atoms with Gasteiger partial charge >= 0.3 is 0 Å². The van der Waals surface area contributed by atoms with Crippen molar-refractivity contribution in [1.82, 2.24) is 0 Å². The molecule has 0 saturated carbocycles. The van der Waals surface area contributed by atoms with E-state index >= 15 is 0 Å². The molecule has 1 heteroatoms. The highest BCUT2D eigenvalue weighted by Crippen LogP contribution is 2.19. The third-order valence-electron chi connectivity index (χ3n) is 1.95. The van der Waals surface area contributed by atoms with E-state index in [-0.39, 0.29) is 0 Å². The van der Waals surface area contributed by atoms with Crippen LogP contribution in [0.1, 0.15) is 18.9 Å². The highest BCUT2D eigenvalue weighted by atomic mass is 15.1. The predicted molar refractivity (Wildman–Crippen MR) is 60.1 cm³/mol. The molecule has 0 radical (unpaired) electrons. The Morgan fingerprint density at radius 3 is 2.54 bits per heavy atom. The van der Waals surface area contributed by atoms with Crippen LogP contribution in [0.25, 0.3) is 6.08 Å². The van der Waals surface area contributed by atoms with Gasteiger partial charge in [-0.2, -0.15) is 0 Å². The van der Waals surface area contributed by atoms with Crippen molar-refractivity contribution in [2.45, 2.75) is 13.3 Å². The van der Waals surface area contributed by atoms with Gasteiger partial charge in [-0.3, -0.25) is 0 Å². The van der Waals surface area contributed by atoms with Crippen LogP contribution in [-0.4, -0.2) is 14.1 Å². The molecule has 0 saturated heterocycles. The van der Waals surface area contributed by atoms with E-state index in [0.717, 1.165) is 6.42 Å². The highest BCUT2D eigenvalue weighted by molar-refractivity contribution is 5.67. The van der Waals surface area contributed by atoms with Crippen molar-refractivity contribution in [3.05, 3.63) is 35.9 Å². The van der Waals surface area contributed by atoms with E-state index < -0.39 is 0 Å². The third-order valence-corrected chi connectivity index (χ3v) is 1.95. The molecular formula is C12H17N. The van der Waals surface area contributed by atoms with Crippen molar-refractivity contribution in [1.29, 1.82) is 0 Å². The van der Waals surface area contributed by atoms with Crippen molar-refractivity contribution in [2.24, 2.45) is 0 Å². The fourth-order valence-corrected chi connectivity index (χ4v) is 1.28. The largest absolute Gasteiger partial charge is 0.377 e. The summed E-state index contributed by atoms with van der Waals surface area (Å²) in [4.78, 5) is 2.13. The lowest BCUT2D eigenvalue weighted by Gasteiger charge is -2.15. The zero-order valence-electron chi connectivity index (χ0n) is 8.62. The maximum Gasteiger partial charge on any atom is 0.0434 e. The van der Waals surface area contributed by atoms with Crippen LogP contribution in [-0.2, 0) is 0 Å². The Balaban J connectivity index is 2.97. The molecule has 0 spiro atoms. The fraction of sp³-hybridized carbons (Fsp3) is 0.333. The van der Waals surface area contributed by atoms with Gasteiger partial charge in [-0.25, -0.2) is 0 Å². The summed E-state index contributed by atoms with van der Waals surface area (Å²) >= 11 is 0. The molecular weight excluding hydrogens is 158 g/mol. The maximum atomic E-state index is 2.18. The lowest BCUT2D eigenvalue weighted by Crippen LogP contribution is -2.09. The first-order valence-corrected chi connectivity index (χ1v) is 4.68. The molecule has 1 aromatic rings. The molecule has 0 aliphatic carbocycles. The Morgan fingerprint density at radius 1 is 1.23 bits per heavy atom. The van der Waals surface area contributed by atoms with Crippen LogP contribution in [0.2, 0.25) is 0 Å². The van der Waals surface area contributed by atoms with Gasteiger partial charge in [0.1, 0.15) is 0 Å². The Kier molecular flexibility index (Phi) is 3.56. The van der Waals surface area contributed by atoms with Crippen molar-refractivity contribution in [2.75, 3.05) is 19.0 Å². The van der Waals surface area contributed by atoms with E-state index in [4.69, 9.17) is 0 Å². The molecule has 0 N–H and O–H groups in total. The number of benzene rings is 1. The highest BCUT2D eigenvalue weighted by Gasteiger charge is 1.98. The van der Waals surface area contributed by atoms with E-state index in [0.29, 0.717) is 0 Å². The Bertz CT molecular complexity index is 287. The van der Waals surface area contributed by atoms with E-state index in [1.54, 1.807) is 0 Å². The van der Waals surface area contributed by atoms with Gasteiger partial charge in [0.15, 0.2) is 0 Å². The third kappa shape index (κ3) is 2.62. The van der Waals surface area contributed by atoms with Crippen LogP contribution >= 0.6 is 0 Å². The van der Waals surface area contributed by atoms with E-state index in [2.05, 4.69) is 62.3 Å². The topological polar surface area (TPSA) is 3.24 Å². The molecule has 0 aromatic heterocycles. The van der Waals surface area contributed by atoms with Crippen LogP contribution in [0.4, 0.5) is 5.69 Å². The van der Waals surface area contributed by atoms with Crippen LogP contribution < -0.4 is 4.90 Å². The van der Waals surface area contributed by atoms with Gasteiger partial charge in [0.05, 0.1) is 0 Å². The van der Waals surface area contributed by atoms with Crippen LogP contribution in [0.3, 0.4) is 0 Å². The van der Waals surface area contributed by atoms with Gasteiger partial charge in [-0.1, -0.05) is 37.3 Å². The second kappa shape index (κ2) is 4.70. The summed E-state index contributed by atoms with van der Waals surface area (Å²) in [7, 11) is 4.14. The monoisotopic (exact) mass is 175 g/mol. The summed E-state index contributed by atoms with van der Waals surface area (Å²) in [5.41, 5.74) is 2.56. The zero-order chi connectivity index (χ0) is 9.68. The first-order valence-electron chi connectivity index (χ1n) is 4.68. The van der Waals surface area contributed by atoms with Crippen LogP contribution in [0.5, 0.6) is 0 Å². The summed E-state index contributed by atoms with van der Waals surface area (Å²) < 4.78 is 0. The normalized spacial score (nSPS) is 10.7. The molecule has 0 unspecified atom stereocenters. The first-order chi connectivity index (χ1) is 6.25. The number of rotatable bonds is 3.